The van der Waals surface area contributed by atoms with Crippen LogP contribution in [-0.2, 0) is 9.53 Å². The second kappa shape index (κ2) is 12.3. The van der Waals surface area contributed by atoms with Gasteiger partial charge in [-0.05, 0) is 104 Å². The molecular formula is C33H55BrO2. The Labute approximate surface area is 231 Å². The molecule has 36 heavy (non-hydrogen) atoms. The van der Waals surface area contributed by atoms with Crippen molar-refractivity contribution in [3.05, 3.63) is 11.6 Å². The molecule has 0 saturated heterocycles. The van der Waals surface area contributed by atoms with Gasteiger partial charge in [0.15, 0.2) is 0 Å². The van der Waals surface area contributed by atoms with Gasteiger partial charge in [0, 0.05) is 18.2 Å². The predicted molar refractivity (Wildman–Crippen MR) is 155 cm³/mol. The fourth-order valence-corrected chi connectivity index (χ4v) is 9.93. The maximum absolute atomic E-state index is 12.4. The molecule has 4 aliphatic carbocycles. The number of allylic oxidation sites excluding steroid dienone is 1. The van der Waals surface area contributed by atoms with Crippen LogP contribution >= 0.6 is 15.9 Å². The van der Waals surface area contributed by atoms with Crippen molar-refractivity contribution in [2.45, 2.75) is 137 Å². The van der Waals surface area contributed by atoms with E-state index in [1.807, 2.05) is 0 Å². The van der Waals surface area contributed by atoms with Crippen LogP contribution in [0.25, 0.3) is 0 Å². The zero-order valence-electron chi connectivity index (χ0n) is 24.1. The lowest BCUT2D eigenvalue weighted by atomic mass is 9.47. The fourth-order valence-electron chi connectivity index (χ4n) is 9.54. The zero-order valence-corrected chi connectivity index (χ0v) is 25.7. The number of unbranched alkanes of at least 4 members (excludes halogenated alkanes) is 2. The summed E-state index contributed by atoms with van der Waals surface area (Å²) in [4.78, 5) is 12.4. The Morgan fingerprint density at radius 2 is 1.81 bits per heavy atom. The summed E-state index contributed by atoms with van der Waals surface area (Å²) in [7, 11) is 0. The van der Waals surface area contributed by atoms with Crippen molar-refractivity contribution in [1.82, 2.24) is 0 Å². The molecule has 4 rings (SSSR count). The van der Waals surface area contributed by atoms with E-state index in [0.717, 1.165) is 72.9 Å². The van der Waals surface area contributed by atoms with E-state index in [1.165, 1.54) is 57.8 Å². The van der Waals surface area contributed by atoms with E-state index in [0.29, 0.717) is 17.3 Å². The number of carbonyl (C=O) groups excluding carboxylic acids is 1. The van der Waals surface area contributed by atoms with Crippen LogP contribution < -0.4 is 0 Å². The van der Waals surface area contributed by atoms with Crippen LogP contribution in [0.2, 0.25) is 0 Å². The van der Waals surface area contributed by atoms with Crippen LogP contribution in [0.15, 0.2) is 11.6 Å². The molecule has 8 unspecified atom stereocenters. The molecule has 3 fully saturated rings. The van der Waals surface area contributed by atoms with Crippen LogP contribution in [0.3, 0.4) is 0 Å². The molecule has 0 aliphatic heterocycles. The summed E-state index contributed by atoms with van der Waals surface area (Å²) in [6.45, 7) is 12.6. The average Bonchev–Trinajstić information content (AvgIpc) is 3.19. The maximum atomic E-state index is 12.4. The third-order valence-electron chi connectivity index (χ3n) is 11.6. The summed E-state index contributed by atoms with van der Waals surface area (Å²) in [5, 5.41) is 1.03. The molecule has 3 heteroatoms. The minimum atomic E-state index is 0.0282. The molecule has 0 spiro atoms. The lowest BCUT2D eigenvalue weighted by molar-refractivity contribution is -0.151. The van der Waals surface area contributed by atoms with Crippen molar-refractivity contribution < 1.29 is 9.53 Å². The van der Waals surface area contributed by atoms with E-state index in [9.17, 15) is 4.79 Å². The summed E-state index contributed by atoms with van der Waals surface area (Å²) in [5.41, 5.74) is 2.53. The largest absolute Gasteiger partial charge is 0.462 e. The van der Waals surface area contributed by atoms with Crippen LogP contribution in [0.4, 0.5) is 0 Å². The van der Waals surface area contributed by atoms with Gasteiger partial charge < -0.3 is 4.74 Å². The van der Waals surface area contributed by atoms with Gasteiger partial charge in [0.05, 0.1) is 0 Å². The minimum Gasteiger partial charge on any atom is -0.462 e. The fraction of sp³-hybridized carbons (Fsp3) is 0.909. The van der Waals surface area contributed by atoms with E-state index in [4.69, 9.17) is 4.74 Å². The molecule has 0 amide bonds. The average molecular weight is 564 g/mol. The Bertz CT molecular complexity index is 774. The number of fused-ring (bicyclic) bond motifs is 5. The zero-order chi connectivity index (χ0) is 25.9. The summed E-state index contributed by atoms with van der Waals surface area (Å²) < 4.78 is 5.98. The van der Waals surface area contributed by atoms with Crippen molar-refractivity contribution in [3.8, 4) is 0 Å². The lowest BCUT2D eigenvalue weighted by Gasteiger charge is -2.58. The molecule has 2 nitrogen and oxygen atoms in total. The molecule has 0 aromatic heterocycles. The Morgan fingerprint density at radius 1 is 1.00 bits per heavy atom. The number of rotatable bonds is 11. The van der Waals surface area contributed by atoms with Gasteiger partial charge in [0.1, 0.15) is 6.10 Å². The first-order valence-corrected chi connectivity index (χ1v) is 16.8. The first kappa shape index (κ1) is 28.7. The van der Waals surface area contributed by atoms with Crippen molar-refractivity contribution in [2.75, 3.05) is 5.33 Å². The van der Waals surface area contributed by atoms with Crippen LogP contribution in [0, 0.1) is 46.3 Å². The third-order valence-corrected chi connectivity index (χ3v) is 12.1. The minimum absolute atomic E-state index is 0.0282. The van der Waals surface area contributed by atoms with E-state index < -0.39 is 0 Å². The topological polar surface area (TPSA) is 26.3 Å². The quantitative estimate of drug-likeness (QED) is 0.108. The number of halogens is 1. The van der Waals surface area contributed by atoms with Gasteiger partial charge in [-0.1, -0.05) is 87.9 Å². The van der Waals surface area contributed by atoms with E-state index in [-0.39, 0.29) is 12.1 Å². The molecule has 0 aromatic rings. The highest BCUT2D eigenvalue weighted by molar-refractivity contribution is 9.09. The van der Waals surface area contributed by atoms with Gasteiger partial charge >= 0.3 is 5.97 Å². The molecule has 206 valence electrons. The van der Waals surface area contributed by atoms with Crippen molar-refractivity contribution in [3.63, 3.8) is 0 Å². The van der Waals surface area contributed by atoms with Crippen molar-refractivity contribution >= 4 is 21.9 Å². The Hall–Kier alpha value is -0.310. The number of esters is 1. The first-order chi connectivity index (χ1) is 17.2. The van der Waals surface area contributed by atoms with Gasteiger partial charge in [0.25, 0.3) is 0 Å². The van der Waals surface area contributed by atoms with Gasteiger partial charge in [-0.15, -0.1) is 0 Å². The highest BCUT2D eigenvalue weighted by atomic mass is 79.9. The smallest absolute Gasteiger partial charge is 0.306 e. The first-order valence-electron chi connectivity index (χ1n) is 15.6. The number of hydrogen-bond acceptors (Lipinski definition) is 2. The number of alkyl halides is 1. The Morgan fingerprint density at radius 3 is 2.56 bits per heavy atom. The van der Waals surface area contributed by atoms with Crippen LogP contribution in [-0.4, -0.2) is 17.4 Å². The van der Waals surface area contributed by atoms with Gasteiger partial charge in [-0.2, -0.15) is 0 Å². The standard InChI is InChI=1S/C33H55BrO2/c1-23(2)10-9-11-24(3)28-15-16-29-27-14-13-25-22-26(36-31(35)12-7-6-8-21-34)17-19-32(25,4)30(27)18-20-33(28,29)5/h13,23-24,26-30H,6-12,14-22H2,1-5H3. The van der Waals surface area contributed by atoms with Crippen LogP contribution in [0.1, 0.15) is 131 Å². The van der Waals surface area contributed by atoms with Gasteiger partial charge in [-0.25, -0.2) is 0 Å². The highest BCUT2D eigenvalue weighted by Gasteiger charge is 2.59. The molecule has 8 atom stereocenters. The molecule has 0 N–H and O–H groups in total. The van der Waals surface area contributed by atoms with Gasteiger partial charge in [-0.3, -0.25) is 4.79 Å². The molecule has 3 saturated carbocycles. The number of hydrogen-bond donors (Lipinski definition) is 0. The summed E-state index contributed by atoms with van der Waals surface area (Å²) in [6.07, 6.45) is 21.1. The monoisotopic (exact) mass is 562 g/mol. The van der Waals surface area contributed by atoms with E-state index in [2.05, 4.69) is 56.6 Å². The van der Waals surface area contributed by atoms with E-state index >= 15 is 0 Å². The summed E-state index contributed by atoms with van der Waals surface area (Å²) >= 11 is 3.48. The van der Waals surface area contributed by atoms with Crippen LogP contribution in [0.5, 0.6) is 0 Å². The lowest BCUT2D eigenvalue weighted by Crippen LogP contribution is -2.51. The molecule has 4 aliphatic rings. The second-order valence-corrected chi connectivity index (χ2v) is 14.9. The number of ether oxygens (including phenoxy) is 1. The SMILES string of the molecule is CC(C)CCCC(C)C1CCC2C3CC=C4CC(OC(=O)CCCCCBr)CCC4(C)C3CCC12C. The predicted octanol–water partition coefficient (Wildman–Crippen LogP) is 9.89. The normalized spacial score (nSPS) is 38.6. The maximum Gasteiger partial charge on any atom is 0.306 e. The second-order valence-electron chi connectivity index (χ2n) is 14.1. The van der Waals surface area contributed by atoms with Gasteiger partial charge in [0.2, 0.25) is 0 Å². The molecule has 0 heterocycles. The highest BCUT2D eigenvalue weighted by Crippen LogP contribution is 2.67. The molecule has 0 aromatic carbocycles. The number of carbonyl (C=O) groups is 1. The Kier molecular flexibility index (Phi) is 9.76. The molecule has 0 bridgehead atoms. The van der Waals surface area contributed by atoms with E-state index in [1.54, 1.807) is 5.57 Å². The Balaban J connectivity index is 1.36. The summed E-state index contributed by atoms with van der Waals surface area (Å²) in [5.74, 6) is 5.30. The summed E-state index contributed by atoms with van der Waals surface area (Å²) in [6, 6.07) is 0. The van der Waals surface area contributed by atoms with Crippen molar-refractivity contribution in [2.24, 2.45) is 46.3 Å². The third kappa shape index (κ3) is 5.96. The molecule has 0 radical (unpaired) electrons. The molecular weight excluding hydrogens is 508 g/mol. The van der Waals surface area contributed by atoms with Crippen molar-refractivity contribution in [1.29, 1.82) is 0 Å².